The zero-order valence-electron chi connectivity index (χ0n) is 25.3. The van der Waals surface area contributed by atoms with Gasteiger partial charge in [-0.3, -0.25) is 0 Å². The lowest BCUT2D eigenvalue weighted by atomic mass is 9.80. The van der Waals surface area contributed by atoms with Gasteiger partial charge in [0, 0.05) is 22.1 Å². The van der Waals surface area contributed by atoms with Crippen molar-refractivity contribution in [3.8, 4) is 67.5 Å². The summed E-state index contributed by atoms with van der Waals surface area (Å²) in [4.78, 5) is 15.1. The number of aromatic nitrogens is 3. The zero-order chi connectivity index (χ0) is 30.4. The van der Waals surface area contributed by atoms with Crippen LogP contribution in [0, 0.1) is 0 Å². The lowest BCUT2D eigenvalue weighted by molar-refractivity contribution is 0.661. The van der Waals surface area contributed by atoms with Gasteiger partial charge in [-0.05, 0) is 62.7 Å². The molecule has 214 valence electrons. The number of fused-ring (bicyclic) bond motifs is 3. The van der Waals surface area contributed by atoms with Gasteiger partial charge in [-0.15, -0.1) is 0 Å². The molecule has 0 aliphatic heterocycles. The molecule has 1 aliphatic carbocycles. The predicted octanol–water partition coefficient (Wildman–Crippen LogP) is 10.5. The Hall–Kier alpha value is -5.67. The molecular weight excluding hydrogens is 546 g/mol. The molecular formula is C42H31N3. The van der Waals surface area contributed by atoms with Crippen molar-refractivity contribution in [2.24, 2.45) is 0 Å². The molecule has 0 spiro atoms. The molecule has 6 aromatic carbocycles. The summed E-state index contributed by atoms with van der Waals surface area (Å²) in [6.45, 7) is 4.67. The molecule has 7 aromatic rings. The molecule has 0 N–H and O–H groups in total. The minimum atomic E-state index is -0.230. The summed E-state index contributed by atoms with van der Waals surface area (Å²) in [5.74, 6) is 1.99. The largest absolute Gasteiger partial charge is 0.208 e. The molecule has 3 heteroatoms. The van der Waals surface area contributed by atoms with Crippen LogP contribution in [-0.4, -0.2) is 15.0 Å². The number of hydrogen-bond acceptors (Lipinski definition) is 3. The standard InChI is InChI=1S/C42H31N3/c1-42(2)36-26-32(28-15-7-3-8-16-28)23-24-34(36)38-35(29-17-9-4-10-18-29)25-33(27-37(38)42)41-44-39(30-19-11-5-12-20-30)43-40(45-41)31-21-13-6-14-22-31/h3-27H,1-2H3. The first-order valence-corrected chi connectivity index (χ1v) is 15.4. The molecule has 0 unspecified atom stereocenters. The first-order valence-electron chi connectivity index (χ1n) is 15.4. The van der Waals surface area contributed by atoms with Crippen molar-refractivity contribution in [2.45, 2.75) is 19.3 Å². The third-order valence-corrected chi connectivity index (χ3v) is 8.92. The summed E-state index contributed by atoms with van der Waals surface area (Å²) in [6, 6.07) is 53.1. The Bertz CT molecular complexity index is 2100. The summed E-state index contributed by atoms with van der Waals surface area (Å²) < 4.78 is 0. The van der Waals surface area contributed by atoms with Crippen molar-refractivity contribution in [3.05, 3.63) is 163 Å². The first-order chi connectivity index (χ1) is 22.1. The second-order valence-electron chi connectivity index (χ2n) is 12.1. The van der Waals surface area contributed by atoms with Gasteiger partial charge in [0.05, 0.1) is 0 Å². The Morgan fingerprint density at radius 2 is 0.800 bits per heavy atom. The van der Waals surface area contributed by atoms with Gasteiger partial charge in [-0.1, -0.05) is 147 Å². The highest BCUT2D eigenvalue weighted by Crippen LogP contribution is 2.54. The minimum absolute atomic E-state index is 0.230. The number of benzene rings is 6. The summed E-state index contributed by atoms with van der Waals surface area (Å²) in [6.07, 6.45) is 0. The molecule has 3 nitrogen and oxygen atoms in total. The molecule has 0 saturated carbocycles. The van der Waals surface area contributed by atoms with E-state index < -0.39 is 0 Å². The summed E-state index contributed by atoms with van der Waals surface area (Å²) >= 11 is 0. The van der Waals surface area contributed by atoms with Crippen molar-refractivity contribution in [1.29, 1.82) is 0 Å². The van der Waals surface area contributed by atoms with Gasteiger partial charge in [0.1, 0.15) is 0 Å². The molecule has 0 saturated heterocycles. The highest BCUT2D eigenvalue weighted by atomic mass is 15.0. The summed E-state index contributed by atoms with van der Waals surface area (Å²) in [5, 5.41) is 0. The molecule has 0 radical (unpaired) electrons. The van der Waals surface area contributed by atoms with E-state index in [0.29, 0.717) is 17.5 Å². The van der Waals surface area contributed by atoms with E-state index in [0.717, 1.165) is 16.7 Å². The maximum Gasteiger partial charge on any atom is 0.164 e. The smallest absolute Gasteiger partial charge is 0.164 e. The van der Waals surface area contributed by atoms with Gasteiger partial charge in [-0.2, -0.15) is 0 Å². The number of nitrogens with zero attached hydrogens (tertiary/aromatic N) is 3. The second-order valence-corrected chi connectivity index (χ2v) is 12.1. The normalized spacial score (nSPS) is 12.8. The van der Waals surface area contributed by atoms with E-state index in [2.05, 4.69) is 129 Å². The highest BCUT2D eigenvalue weighted by molar-refractivity contribution is 5.95. The third kappa shape index (κ3) is 4.74. The molecule has 45 heavy (non-hydrogen) atoms. The third-order valence-electron chi connectivity index (χ3n) is 8.92. The molecule has 0 bridgehead atoms. The van der Waals surface area contributed by atoms with E-state index >= 15 is 0 Å². The van der Waals surface area contributed by atoms with Gasteiger partial charge < -0.3 is 0 Å². The topological polar surface area (TPSA) is 38.7 Å². The van der Waals surface area contributed by atoms with Crippen LogP contribution in [0.25, 0.3) is 67.5 Å². The van der Waals surface area contributed by atoms with E-state index in [-0.39, 0.29) is 5.41 Å². The fraction of sp³-hybridized carbons (Fsp3) is 0.0714. The fourth-order valence-electron chi connectivity index (χ4n) is 6.57. The number of rotatable bonds is 5. The van der Waals surface area contributed by atoms with Gasteiger partial charge in [-0.25, -0.2) is 15.0 Å². The van der Waals surface area contributed by atoms with E-state index in [9.17, 15) is 0 Å². The van der Waals surface area contributed by atoms with Gasteiger partial charge in [0.15, 0.2) is 17.5 Å². The Labute approximate surface area is 264 Å². The van der Waals surface area contributed by atoms with E-state index in [4.69, 9.17) is 15.0 Å². The second kappa shape index (κ2) is 10.8. The lowest BCUT2D eigenvalue weighted by Crippen LogP contribution is -2.15. The monoisotopic (exact) mass is 577 g/mol. The maximum absolute atomic E-state index is 5.09. The van der Waals surface area contributed by atoms with Gasteiger partial charge in [0.2, 0.25) is 0 Å². The first kappa shape index (κ1) is 26.9. The Morgan fingerprint density at radius 1 is 0.356 bits per heavy atom. The lowest BCUT2D eigenvalue weighted by Gasteiger charge is -2.23. The van der Waals surface area contributed by atoms with Crippen LogP contribution < -0.4 is 0 Å². The molecule has 0 atom stereocenters. The Kier molecular flexibility index (Phi) is 6.46. The van der Waals surface area contributed by atoms with E-state index in [1.807, 2.05) is 36.4 Å². The summed E-state index contributed by atoms with van der Waals surface area (Å²) in [5.41, 5.74) is 12.7. The minimum Gasteiger partial charge on any atom is -0.208 e. The molecule has 1 aromatic heterocycles. The van der Waals surface area contributed by atoms with Crippen LogP contribution in [0.2, 0.25) is 0 Å². The molecule has 0 amide bonds. The van der Waals surface area contributed by atoms with Crippen LogP contribution in [0.4, 0.5) is 0 Å². The Morgan fingerprint density at radius 3 is 1.33 bits per heavy atom. The van der Waals surface area contributed by atoms with Crippen LogP contribution in [0.1, 0.15) is 25.0 Å². The average Bonchev–Trinajstić information content (AvgIpc) is 3.34. The SMILES string of the molecule is CC1(C)c2cc(-c3ccccc3)ccc2-c2c(-c3ccccc3)cc(-c3nc(-c4ccccc4)nc(-c4ccccc4)n3)cc21. The van der Waals surface area contributed by atoms with Crippen molar-refractivity contribution in [1.82, 2.24) is 15.0 Å². The van der Waals surface area contributed by atoms with Crippen LogP contribution in [0.3, 0.4) is 0 Å². The van der Waals surface area contributed by atoms with Crippen molar-refractivity contribution < 1.29 is 0 Å². The molecule has 8 rings (SSSR count). The van der Waals surface area contributed by atoms with Gasteiger partial charge in [0.25, 0.3) is 0 Å². The fourth-order valence-corrected chi connectivity index (χ4v) is 6.57. The maximum atomic E-state index is 5.09. The van der Waals surface area contributed by atoms with E-state index in [1.54, 1.807) is 0 Å². The quantitative estimate of drug-likeness (QED) is 0.204. The zero-order valence-corrected chi connectivity index (χ0v) is 25.3. The van der Waals surface area contributed by atoms with Crippen LogP contribution >= 0.6 is 0 Å². The molecule has 1 aliphatic rings. The summed E-state index contributed by atoms with van der Waals surface area (Å²) in [7, 11) is 0. The van der Waals surface area contributed by atoms with Crippen molar-refractivity contribution >= 4 is 0 Å². The highest BCUT2D eigenvalue weighted by Gasteiger charge is 2.38. The van der Waals surface area contributed by atoms with Crippen LogP contribution in [-0.2, 0) is 5.41 Å². The van der Waals surface area contributed by atoms with Crippen molar-refractivity contribution in [2.75, 3.05) is 0 Å². The molecule has 0 fully saturated rings. The van der Waals surface area contributed by atoms with Crippen LogP contribution in [0.5, 0.6) is 0 Å². The average molecular weight is 578 g/mol. The van der Waals surface area contributed by atoms with Gasteiger partial charge >= 0.3 is 0 Å². The van der Waals surface area contributed by atoms with E-state index in [1.165, 1.54) is 44.5 Å². The predicted molar refractivity (Wildman–Crippen MR) is 185 cm³/mol. The Balaban J connectivity index is 1.37. The molecule has 1 heterocycles. The number of hydrogen-bond donors (Lipinski definition) is 0. The van der Waals surface area contributed by atoms with Crippen LogP contribution in [0.15, 0.2) is 152 Å². The van der Waals surface area contributed by atoms with Crippen molar-refractivity contribution in [3.63, 3.8) is 0 Å².